The van der Waals surface area contributed by atoms with Crippen LogP contribution >= 0.6 is 0 Å². The minimum atomic E-state index is -2.61. The van der Waals surface area contributed by atoms with E-state index in [4.69, 9.17) is 0 Å². The molecule has 0 aromatic heterocycles. The fourth-order valence-electron chi connectivity index (χ4n) is 3.25. The largest absolute Gasteiger partial charge is 0.393 e. The number of alkyl halides is 2. The first-order valence-corrected chi connectivity index (χ1v) is 6.74. The van der Waals surface area contributed by atoms with Gasteiger partial charge in [-0.15, -0.1) is 0 Å². The molecule has 0 aromatic rings. The van der Waals surface area contributed by atoms with E-state index in [-0.39, 0.29) is 12.2 Å². The van der Waals surface area contributed by atoms with Crippen LogP contribution in [0.25, 0.3) is 0 Å². The van der Waals surface area contributed by atoms with Crippen LogP contribution in [0.15, 0.2) is 0 Å². The van der Waals surface area contributed by atoms with Crippen molar-refractivity contribution < 1.29 is 19.0 Å². The fourth-order valence-corrected chi connectivity index (χ4v) is 3.25. The minimum Gasteiger partial charge on any atom is -0.393 e. The minimum absolute atomic E-state index is 0.379. The Kier molecular flexibility index (Phi) is 4.03. The Bertz CT molecular complexity index is 218. The lowest BCUT2D eigenvalue weighted by molar-refractivity contribution is -0.139. The monoisotopic (exact) mass is 248 g/mol. The molecule has 0 radical (unpaired) electrons. The predicted octanol–water partition coefficient (Wildman–Crippen LogP) is 2.72. The fraction of sp³-hybridized carbons (Fsp3) is 1.00. The van der Waals surface area contributed by atoms with E-state index < -0.39 is 17.8 Å². The zero-order chi connectivity index (χ0) is 12.5. The van der Waals surface area contributed by atoms with E-state index in [0.29, 0.717) is 51.4 Å². The Labute approximate surface area is 101 Å². The van der Waals surface area contributed by atoms with E-state index in [0.717, 1.165) is 0 Å². The van der Waals surface area contributed by atoms with E-state index in [1.54, 1.807) is 0 Å². The van der Waals surface area contributed by atoms with Crippen LogP contribution in [0.1, 0.15) is 51.4 Å². The summed E-state index contributed by atoms with van der Waals surface area (Å²) in [6, 6.07) is 0. The summed E-state index contributed by atoms with van der Waals surface area (Å²) in [5.41, 5.74) is 0. The Balaban J connectivity index is 1.93. The predicted molar refractivity (Wildman–Crippen MR) is 60.9 cm³/mol. The number of aliphatic hydroxyl groups is 2. The molecule has 0 bridgehead atoms. The van der Waals surface area contributed by atoms with Gasteiger partial charge in [0, 0.05) is 11.8 Å². The van der Waals surface area contributed by atoms with Gasteiger partial charge in [0.2, 0.25) is 0 Å². The van der Waals surface area contributed by atoms with Crippen LogP contribution in [0.4, 0.5) is 8.78 Å². The molecule has 0 spiro atoms. The second kappa shape index (κ2) is 5.19. The number of hydrogen-bond donors (Lipinski definition) is 2. The summed E-state index contributed by atoms with van der Waals surface area (Å²) in [6.07, 6.45) is 3.03. The molecule has 2 aliphatic carbocycles. The lowest BCUT2D eigenvalue weighted by Gasteiger charge is -2.39. The number of rotatable bonds is 2. The summed E-state index contributed by atoms with van der Waals surface area (Å²) in [6.45, 7) is 0. The molecule has 100 valence electrons. The summed E-state index contributed by atoms with van der Waals surface area (Å²) in [7, 11) is 0. The van der Waals surface area contributed by atoms with Crippen molar-refractivity contribution in [1.29, 1.82) is 0 Å². The van der Waals surface area contributed by atoms with Gasteiger partial charge in [0.25, 0.3) is 5.92 Å². The number of aliphatic hydroxyl groups excluding tert-OH is 2. The maximum atomic E-state index is 14.3. The molecule has 0 atom stereocenters. The van der Waals surface area contributed by atoms with Crippen molar-refractivity contribution in [2.75, 3.05) is 0 Å². The first kappa shape index (κ1) is 13.2. The van der Waals surface area contributed by atoms with Crippen LogP contribution in [0.5, 0.6) is 0 Å². The molecule has 0 amide bonds. The van der Waals surface area contributed by atoms with Crippen LogP contribution in [-0.4, -0.2) is 28.3 Å². The van der Waals surface area contributed by atoms with Crippen molar-refractivity contribution in [2.24, 2.45) is 11.8 Å². The molecular weight excluding hydrogens is 226 g/mol. The van der Waals surface area contributed by atoms with Gasteiger partial charge >= 0.3 is 0 Å². The highest BCUT2D eigenvalue weighted by molar-refractivity contribution is 4.90. The van der Waals surface area contributed by atoms with E-state index in [9.17, 15) is 19.0 Å². The quantitative estimate of drug-likeness (QED) is 0.789. The van der Waals surface area contributed by atoms with Crippen molar-refractivity contribution in [1.82, 2.24) is 0 Å². The summed E-state index contributed by atoms with van der Waals surface area (Å²) >= 11 is 0. The normalized spacial score (nSPS) is 40.2. The topological polar surface area (TPSA) is 40.5 Å². The first-order chi connectivity index (χ1) is 8.00. The Morgan fingerprint density at radius 1 is 0.647 bits per heavy atom. The molecule has 2 aliphatic rings. The zero-order valence-corrected chi connectivity index (χ0v) is 10.1. The van der Waals surface area contributed by atoms with Gasteiger partial charge in [-0.2, -0.15) is 0 Å². The molecule has 2 saturated carbocycles. The van der Waals surface area contributed by atoms with Gasteiger partial charge in [0.05, 0.1) is 12.2 Å². The van der Waals surface area contributed by atoms with Crippen molar-refractivity contribution >= 4 is 0 Å². The second-order valence-electron chi connectivity index (χ2n) is 5.69. The van der Waals surface area contributed by atoms with Crippen LogP contribution < -0.4 is 0 Å². The lowest BCUT2D eigenvalue weighted by atomic mass is 9.73. The molecule has 0 unspecified atom stereocenters. The highest BCUT2D eigenvalue weighted by atomic mass is 19.3. The third-order valence-electron chi connectivity index (χ3n) is 4.48. The molecule has 2 fully saturated rings. The summed E-state index contributed by atoms with van der Waals surface area (Å²) in [5, 5.41) is 18.7. The van der Waals surface area contributed by atoms with Crippen LogP contribution in [0.2, 0.25) is 0 Å². The van der Waals surface area contributed by atoms with Crippen LogP contribution in [-0.2, 0) is 0 Å². The lowest BCUT2D eigenvalue weighted by Crippen LogP contribution is -2.41. The summed E-state index contributed by atoms with van der Waals surface area (Å²) in [5.74, 6) is -3.74. The molecule has 0 saturated heterocycles. The summed E-state index contributed by atoms with van der Waals surface area (Å²) in [4.78, 5) is 0. The Hall–Kier alpha value is -0.220. The van der Waals surface area contributed by atoms with E-state index in [1.807, 2.05) is 0 Å². The SMILES string of the molecule is OC1CCC(C(F)(F)C2CCC(O)CC2)CC1. The molecular formula is C13H22F2O2. The van der Waals surface area contributed by atoms with Gasteiger partial charge in [-0.05, 0) is 51.4 Å². The van der Waals surface area contributed by atoms with Gasteiger partial charge in [-0.1, -0.05) is 0 Å². The van der Waals surface area contributed by atoms with Crippen molar-refractivity contribution in [3.63, 3.8) is 0 Å². The summed E-state index contributed by atoms with van der Waals surface area (Å²) < 4.78 is 28.6. The maximum absolute atomic E-state index is 14.3. The van der Waals surface area contributed by atoms with Gasteiger partial charge in [0.15, 0.2) is 0 Å². The highest BCUT2D eigenvalue weighted by Crippen LogP contribution is 2.46. The number of hydrogen-bond acceptors (Lipinski definition) is 2. The van der Waals surface area contributed by atoms with Gasteiger partial charge in [0.1, 0.15) is 0 Å². The van der Waals surface area contributed by atoms with Crippen molar-refractivity contribution in [3.8, 4) is 0 Å². The number of halogens is 2. The molecule has 2 N–H and O–H groups in total. The Morgan fingerprint density at radius 3 is 1.24 bits per heavy atom. The Morgan fingerprint density at radius 2 is 0.941 bits per heavy atom. The standard InChI is InChI=1S/C13H22F2O2/c14-13(15,9-1-5-11(16)6-2-9)10-3-7-12(17)8-4-10/h9-12,16-17H,1-8H2. The second-order valence-corrected chi connectivity index (χ2v) is 5.69. The van der Waals surface area contributed by atoms with Crippen LogP contribution in [0, 0.1) is 11.8 Å². The molecule has 0 aliphatic heterocycles. The molecule has 2 rings (SSSR count). The zero-order valence-electron chi connectivity index (χ0n) is 10.1. The van der Waals surface area contributed by atoms with Gasteiger partial charge in [-0.25, -0.2) is 8.78 Å². The molecule has 0 aromatic carbocycles. The van der Waals surface area contributed by atoms with E-state index in [1.165, 1.54) is 0 Å². The average Bonchev–Trinajstić information content (AvgIpc) is 2.30. The van der Waals surface area contributed by atoms with Gasteiger partial charge < -0.3 is 10.2 Å². The van der Waals surface area contributed by atoms with E-state index >= 15 is 0 Å². The maximum Gasteiger partial charge on any atom is 0.253 e. The molecule has 2 nitrogen and oxygen atoms in total. The molecule has 0 heterocycles. The molecule has 4 heteroatoms. The molecule has 17 heavy (non-hydrogen) atoms. The highest BCUT2D eigenvalue weighted by Gasteiger charge is 2.48. The average molecular weight is 248 g/mol. The van der Waals surface area contributed by atoms with Crippen molar-refractivity contribution in [3.05, 3.63) is 0 Å². The van der Waals surface area contributed by atoms with Crippen molar-refractivity contribution in [2.45, 2.75) is 69.5 Å². The van der Waals surface area contributed by atoms with Crippen LogP contribution in [0.3, 0.4) is 0 Å². The smallest absolute Gasteiger partial charge is 0.253 e. The first-order valence-electron chi connectivity index (χ1n) is 6.74. The van der Waals surface area contributed by atoms with Gasteiger partial charge in [-0.3, -0.25) is 0 Å². The third kappa shape index (κ3) is 2.97. The third-order valence-corrected chi connectivity index (χ3v) is 4.48. The van der Waals surface area contributed by atoms with E-state index in [2.05, 4.69) is 0 Å².